The summed E-state index contributed by atoms with van der Waals surface area (Å²) in [4.78, 5) is 11.4. The molecule has 1 aliphatic rings. The van der Waals surface area contributed by atoms with Crippen molar-refractivity contribution in [1.29, 1.82) is 0 Å². The lowest BCUT2D eigenvalue weighted by Crippen LogP contribution is -2.48. The van der Waals surface area contributed by atoms with Crippen molar-refractivity contribution in [2.75, 3.05) is 6.61 Å². The molecule has 3 unspecified atom stereocenters. The maximum Gasteiger partial charge on any atom is 0.186 e. The average Bonchev–Trinajstić information content (AvgIpc) is 2.11. The van der Waals surface area contributed by atoms with Crippen molar-refractivity contribution >= 4 is 5.78 Å². The smallest absolute Gasteiger partial charge is 0.186 e. The lowest BCUT2D eigenvalue weighted by molar-refractivity contribution is -0.203. The van der Waals surface area contributed by atoms with E-state index >= 15 is 0 Å². The van der Waals surface area contributed by atoms with Gasteiger partial charge in [-0.05, 0) is 25.8 Å². The van der Waals surface area contributed by atoms with E-state index in [1.807, 2.05) is 6.92 Å². The largest absolute Gasteiger partial charge is 0.373 e. The Labute approximate surface area is 85.1 Å². The molecule has 80 valence electrons. The van der Waals surface area contributed by atoms with Crippen LogP contribution in [0.3, 0.4) is 0 Å². The topological polar surface area (TPSA) is 35.5 Å². The van der Waals surface area contributed by atoms with E-state index in [1.165, 1.54) is 0 Å². The lowest BCUT2D eigenvalue weighted by Gasteiger charge is -2.37. The number of rotatable bonds is 5. The SMILES string of the molecule is C=C(C)C(=O)C(C)OC1COC1CC. The maximum atomic E-state index is 11.4. The quantitative estimate of drug-likeness (QED) is 0.631. The molecule has 0 aromatic rings. The molecule has 0 aromatic heterocycles. The van der Waals surface area contributed by atoms with Gasteiger partial charge >= 0.3 is 0 Å². The number of carbonyl (C=O) groups is 1. The first kappa shape index (κ1) is 11.4. The molecule has 14 heavy (non-hydrogen) atoms. The Morgan fingerprint density at radius 1 is 1.71 bits per heavy atom. The number of carbonyl (C=O) groups excluding carboxylic acids is 1. The predicted octanol–water partition coefficient (Wildman–Crippen LogP) is 1.71. The van der Waals surface area contributed by atoms with Crippen LogP contribution in [0, 0.1) is 0 Å². The van der Waals surface area contributed by atoms with Crippen LogP contribution in [0.4, 0.5) is 0 Å². The Kier molecular flexibility index (Phi) is 3.84. The highest BCUT2D eigenvalue weighted by Gasteiger charge is 2.33. The minimum atomic E-state index is -0.393. The molecule has 3 nitrogen and oxygen atoms in total. The normalized spacial score (nSPS) is 27.9. The van der Waals surface area contributed by atoms with Crippen molar-refractivity contribution < 1.29 is 14.3 Å². The first-order chi connectivity index (χ1) is 6.56. The third kappa shape index (κ3) is 2.42. The van der Waals surface area contributed by atoms with Gasteiger partial charge in [0.2, 0.25) is 0 Å². The van der Waals surface area contributed by atoms with Crippen molar-refractivity contribution in [2.24, 2.45) is 0 Å². The summed E-state index contributed by atoms with van der Waals surface area (Å²) in [6.45, 7) is 9.73. The second kappa shape index (κ2) is 4.71. The van der Waals surface area contributed by atoms with Crippen molar-refractivity contribution in [3.05, 3.63) is 12.2 Å². The van der Waals surface area contributed by atoms with E-state index < -0.39 is 6.10 Å². The van der Waals surface area contributed by atoms with Gasteiger partial charge in [0, 0.05) is 0 Å². The summed E-state index contributed by atoms with van der Waals surface area (Å²) in [7, 11) is 0. The Hall–Kier alpha value is -0.670. The average molecular weight is 198 g/mol. The Morgan fingerprint density at radius 3 is 2.71 bits per heavy atom. The predicted molar refractivity (Wildman–Crippen MR) is 54.2 cm³/mol. The highest BCUT2D eigenvalue weighted by Crippen LogP contribution is 2.21. The Bertz CT molecular complexity index is 233. The molecule has 3 heteroatoms. The van der Waals surface area contributed by atoms with E-state index in [0.29, 0.717) is 12.2 Å². The first-order valence-corrected chi connectivity index (χ1v) is 5.03. The molecule has 1 aliphatic heterocycles. The van der Waals surface area contributed by atoms with E-state index in [0.717, 1.165) is 6.42 Å². The van der Waals surface area contributed by atoms with Gasteiger partial charge in [-0.2, -0.15) is 0 Å². The minimum Gasteiger partial charge on any atom is -0.373 e. The van der Waals surface area contributed by atoms with Crippen LogP contribution in [0.2, 0.25) is 0 Å². The van der Waals surface area contributed by atoms with Crippen LogP contribution in [0.25, 0.3) is 0 Å². The molecule has 0 aliphatic carbocycles. The third-order valence-electron chi connectivity index (χ3n) is 2.46. The van der Waals surface area contributed by atoms with Gasteiger partial charge in [-0.3, -0.25) is 4.79 Å². The van der Waals surface area contributed by atoms with E-state index in [4.69, 9.17) is 9.47 Å². The van der Waals surface area contributed by atoms with E-state index in [9.17, 15) is 4.79 Å². The minimum absolute atomic E-state index is 0.0215. The first-order valence-electron chi connectivity index (χ1n) is 5.03. The van der Waals surface area contributed by atoms with Crippen LogP contribution in [0.15, 0.2) is 12.2 Å². The number of Topliss-reactive ketones (excluding diaryl/α,β-unsaturated/α-hetero) is 1. The molecule has 0 N–H and O–H groups in total. The van der Waals surface area contributed by atoms with Crippen LogP contribution >= 0.6 is 0 Å². The van der Waals surface area contributed by atoms with Crippen LogP contribution in [0.1, 0.15) is 27.2 Å². The second-order valence-corrected chi connectivity index (χ2v) is 3.74. The number of hydrogen-bond donors (Lipinski definition) is 0. The van der Waals surface area contributed by atoms with Gasteiger partial charge in [-0.15, -0.1) is 0 Å². The highest BCUT2D eigenvalue weighted by molar-refractivity contribution is 5.97. The molecule has 0 aromatic carbocycles. The molecule has 3 atom stereocenters. The molecular formula is C11H18O3. The monoisotopic (exact) mass is 198 g/mol. The van der Waals surface area contributed by atoms with Crippen molar-refractivity contribution in [1.82, 2.24) is 0 Å². The van der Waals surface area contributed by atoms with Crippen LogP contribution < -0.4 is 0 Å². The molecule has 0 amide bonds. The summed E-state index contributed by atoms with van der Waals surface area (Å²) in [6.07, 6.45) is 0.780. The second-order valence-electron chi connectivity index (χ2n) is 3.74. The Balaban J connectivity index is 2.37. The molecule has 0 radical (unpaired) electrons. The highest BCUT2D eigenvalue weighted by atomic mass is 16.6. The van der Waals surface area contributed by atoms with E-state index in [2.05, 4.69) is 6.58 Å². The summed E-state index contributed by atoms with van der Waals surface area (Å²) in [6, 6.07) is 0. The summed E-state index contributed by atoms with van der Waals surface area (Å²) in [5, 5.41) is 0. The molecule has 0 spiro atoms. The van der Waals surface area contributed by atoms with Gasteiger partial charge in [0.25, 0.3) is 0 Å². The van der Waals surface area contributed by atoms with E-state index in [-0.39, 0.29) is 18.0 Å². The number of ketones is 1. The van der Waals surface area contributed by atoms with Gasteiger partial charge in [0.1, 0.15) is 12.2 Å². The van der Waals surface area contributed by atoms with Gasteiger partial charge in [-0.1, -0.05) is 13.5 Å². The van der Waals surface area contributed by atoms with Gasteiger partial charge in [-0.25, -0.2) is 0 Å². The van der Waals surface area contributed by atoms with E-state index in [1.54, 1.807) is 13.8 Å². The van der Waals surface area contributed by atoms with Gasteiger partial charge in [0.15, 0.2) is 5.78 Å². The lowest BCUT2D eigenvalue weighted by atomic mass is 10.1. The van der Waals surface area contributed by atoms with Crippen molar-refractivity contribution in [2.45, 2.75) is 45.5 Å². The van der Waals surface area contributed by atoms with Crippen molar-refractivity contribution in [3.8, 4) is 0 Å². The number of ether oxygens (including phenoxy) is 2. The molecule has 1 heterocycles. The molecule has 0 bridgehead atoms. The fourth-order valence-corrected chi connectivity index (χ4v) is 1.49. The third-order valence-corrected chi connectivity index (χ3v) is 2.46. The molecular weight excluding hydrogens is 180 g/mol. The van der Waals surface area contributed by atoms with Gasteiger partial charge < -0.3 is 9.47 Å². The zero-order valence-corrected chi connectivity index (χ0v) is 9.08. The van der Waals surface area contributed by atoms with Crippen LogP contribution in [0.5, 0.6) is 0 Å². The molecule has 0 saturated carbocycles. The van der Waals surface area contributed by atoms with Gasteiger partial charge in [0.05, 0.1) is 12.7 Å². The standard InChI is InChI=1S/C11H18O3/c1-5-9-10(6-13-9)14-8(4)11(12)7(2)3/h8-10H,2,5-6H2,1,3-4H3. The molecule has 1 rings (SSSR count). The summed E-state index contributed by atoms with van der Waals surface area (Å²) in [5.41, 5.74) is 0.547. The maximum absolute atomic E-state index is 11.4. The number of hydrogen-bond acceptors (Lipinski definition) is 3. The fraction of sp³-hybridized carbons (Fsp3) is 0.727. The van der Waals surface area contributed by atoms with Crippen LogP contribution in [-0.4, -0.2) is 30.7 Å². The summed E-state index contributed by atoms with van der Waals surface area (Å²) < 4.78 is 10.9. The Morgan fingerprint density at radius 2 is 2.36 bits per heavy atom. The zero-order valence-electron chi connectivity index (χ0n) is 9.08. The fourth-order valence-electron chi connectivity index (χ4n) is 1.49. The summed E-state index contributed by atoms with van der Waals surface area (Å²) >= 11 is 0. The van der Waals surface area contributed by atoms with Crippen LogP contribution in [-0.2, 0) is 14.3 Å². The molecule has 1 fully saturated rings. The van der Waals surface area contributed by atoms with Crippen molar-refractivity contribution in [3.63, 3.8) is 0 Å². The summed E-state index contributed by atoms with van der Waals surface area (Å²) in [5.74, 6) is -0.0215. The zero-order chi connectivity index (χ0) is 10.7. The molecule has 1 saturated heterocycles.